The summed E-state index contributed by atoms with van der Waals surface area (Å²) in [4.78, 5) is 17.2. The Labute approximate surface area is 147 Å². The minimum atomic E-state index is -5.08. The average molecular weight is 370 g/mol. The first-order chi connectivity index (χ1) is 12.1. The maximum absolute atomic E-state index is 10.6. The smallest absolute Gasteiger partial charge is 0.479 e. The summed E-state index contributed by atoms with van der Waals surface area (Å²) in [7, 11) is 0. The van der Waals surface area contributed by atoms with Crippen molar-refractivity contribution in [2.45, 2.75) is 26.4 Å². The summed E-state index contributed by atoms with van der Waals surface area (Å²) in [5.74, 6) is -2.48. The van der Waals surface area contributed by atoms with Crippen LogP contribution in [0.5, 0.6) is 5.95 Å². The van der Waals surface area contributed by atoms with Crippen molar-refractivity contribution in [3.63, 3.8) is 0 Å². The lowest BCUT2D eigenvalue weighted by Gasteiger charge is -1.94. The first-order valence-electron chi connectivity index (χ1n) is 7.29. The van der Waals surface area contributed by atoms with Gasteiger partial charge in [-0.05, 0) is 19.4 Å². The third kappa shape index (κ3) is 7.65. The molecule has 1 aromatic carbocycles. The largest absolute Gasteiger partial charge is 0.490 e. The van der Waals surface area contributed by atoms with Gasteiger partial charge in [0.1, 0.15) is 0 Å². The van der Waals surface area contributed by atoms with Gasteiger partial charge in [-0.1, -0.05) is 35.9 Å². The van der Waals surface area contributed by atoms with Crippen molar-refractivity contribution in [1.29, 1.82) is 0 Å². The number of alkyl halides is 3. The van der Waals surface area contributed by atoms with Crippen LogP contribution in [0.2, 0.25) is 0 Å². The van der Waals surface area contributed by atoms with Gasteiger partial charge in [0.05, 0.1) is 6.21 Å². The van der Waals surface area contributed by atoms with Gasteiger partial charge in [0.25, 0.3) is 0 Å². The zero-order valence-corrected chi connectivity index (χ0v) is 14.0. The van der Waals surface area contributed by atoms with Gasteiger partial charge in [0.15, 0.2) is 5.69 Å². The molecule has 26 heavy (non-hydrogen) atoms. The normalized spacial score (nSPS) is 11.0. The molecule has 1 aromatic heterocycles. The third-order valence-corrected chi connectivity index (χ3v) is 2.65. The predicted octanol–water partition coefficient (Wildman–Crippen LogP) is 3.95. The van der Waals surface area contributed by atoms with Crippen LogP contribution in [0.1, 0.15) is 31.0 Å². The van der Waals surface area contributed by atoms with E-state index in [2.05, 4.69) is 9.98 Å². The van der Waals surface area contributed by atoms with E-state index in [9.17, 15) is 18.3 Å². The topological polar surface area (TPSA) is 95.9 Å². The number of aromatic hydroxyl groups is 1. The highest BCUT2D eigenvalue weighted by molar-refractivity contribution is 5.80. The number of carbonyl (C=O) groups is 1. The standard InChI is InChI=1S/C15H16N2O2.C2HF3O2/c1-11(2)9-16-10-13-15(18)19-14(17-13)8-12-6-4-3-5-7-12;3-2(4,5)1(6)7/h3-7,9-10,18H,8H2,1-2H3;(H,6,7). The molecule has 0 amide bonds. The van der Waals surface area contributed by atoms with E-state index in [1.54, 1.807) is 6.20 Å². The predicted molar refractivity (Wildman–Crippen MR) is 88.1 cm³/mol. The van der Waals surface area contributed by atoms with Crippen LogP contribution in [0, 0.1) is 0 Å². The molecule has 0 fully saturated rings. The highest BCUT2D eigenvalue weighted by Crippen LogP contribution is 2.19. The van der Waals surface area contributed by atoms with Crippen LogP contribution in [0.4, 0.5) is 13.2 Å². The second-order valence-electron chi connectivity index (χ2n) is 5.25. The third-order valence-electron chi connectivity index (χ3n) is 2.65. The quantitative estimate of drug-likeness (QED) is 0.795. The average Bonchev–Trinajstić information content (AvgIpc) is 2.87. The van der Waals surface area contributed by atoms with E-state index in [0.29, 0.717) is 18.0 Å². The van der Waals surface area contributed by atoms with Gasteiger partial charge >= 0.3 is 18.1 Å². The molecule has 0 radical (unpaired) electrons. The fraction of sp³-hybridized carbons (Fsp3) is 0.235. The summed E-state index contributed by atoms with van der Waals surface area (Å²) < 4.78 is 36.9. The first-order valence-corrected chi connectivity index (χ1v) is 7.29. The first kappa shape index (κ1) is 20.9. The lowest BCUT2D eigenvalue weighted by Crippen LogP contribution is -2.21. The van der Waals surface area contributed by atoms with Gasteiger partial charge in [-0.2, -0.15) is 13.2 Å². The molecule has 0 atom stereocenters. The molecule has 2 aromatic rings. The number of rotatable bonds is 4. The summed E-state index contributed by atoms with van der Waals surface area (Å²) in [5.41, 5.74) is 2.50. The summed E-state index contributed by atoms with van der Waals surface area (Å²) in [5, 5.41) is 16.8. The minimum Gasteiger partial charge on any atom is -0.479 e. The molecule has 140 valence electrons. The van der Waals surface area contributed by atoms with E-state index in [0.717, 1.165) is 11.1 Å². The molecule has 0 spiro atoms. The molecule has 0 aliphatic carbocycles. The molecule has 0 aliphatic heterocycles. The maximum Gasteiger partial charge on any atom is 0.490 e. The number of aliphatic imine (C=N–C) groups is 1. The number of allylic oxidation sites excluding steroid dienone is 1. The van der Waals surface area contributed by atoms with Crippen LogP contribution >= 0.6 is 0 Å². The zero-order chi connectivity index (χ0) is 19.7. The number of halogens is 3. The number of hydrogen-bond donors (Lipinski definition) is 2. The summed E-state index contributed by atoms with van der Waals surface area (Å²) in [6.45, 7) is 3.89. The molecule has 2 rings (SSSR count). The van der Waals surface area contributed by atoms with E-state index in [-0.39, 0.29) is 5.95 Å². The molecule has 9 heteroatoms. The highest BCUT2D eigenvalue weighted by atomic mass is 19.4. The van der Waals surface area contributed by atoms with Crippen LogP contribution in [0.25, 0.3) is 0 Å². The second kappa shape index (κ2) is 9.40. The van der Waals surface area contributed by atoms with Crippen LogP contribution < -0.4 is 0 Å². The monoisotopic (exact) mass is 370 g/mol. The van der Waals surface area contributed by atoms with E-state index in [1.807, 2.05) is 44.2 Å². The Kier molecular flexibility index (Phi) is 7.57. The Bertz CT molecular complexity index is 777. The van der Waals surface area contributed by atoms with Gasteiger partial charge in [-0.25, -0.2) is 9.78 Å². The molecule has 6 nitrogen and oxygen atoms in total. The number of oxazole rings is 1. The van der Waals surface area contributed by atoms with E-state index < -0.39 is 12.1 Å². The van der Waals surface area contributed by atoms with E-state index in [4.69, 9.17) is 14.3 Å². The van der Waals surface area contributed by atoms with Crippen molar-refractivity contribution in [2.75, 3.05) is 0 Å². The molecule has 0 saturated carbocycles. The Morgan fingerprint density at radius 2 is 1.85 bits per heavy atom. The highest BCUT2D eigenvalue weighted by Gasteiger charge is 2.38. The fourth-order valence-electron chi connectivity index (χ4n) is 1.56. The van der Waals surface area contributed by atoms with Crippen LogP contribution in [-0.4, -0.2) is 33.6 Å². The molecular formula is C17H17F3N2O4. The van der Waals surface area contributed by atoms with Crippen molar-refractivity contribution in [2.24, 2.45) is 4.99 Å². The molecule has 0 aliphatic rings. The number of benzene rings is 1. The van der Waals surface area contributed by atoms with Crippen LogP contribution in [0.15, 0.2) is 51.5 Å². The number of carboxylic acids is 1. The number of hydrogen-bond acceptors (Lipinski definition) is 5. The lowest BCUT2D eigenvalue weighted by molar-refractivity contribution is -0.192. The van der Waals surface area contributed by atoms with Crippen molar-refractivity contribution >= 4 is 12.2 Å². The number of aromatic nitrogens is 1. The zero-order valence-electron chi connectivity index (χ0n) is 14.0. The molecule has 1 heterocycles. The lowest BCUT2D eigenvalue weighted by atomic mass is 10.1. The summed E-state index contributed by atoms with van der Waals surface area (Å²) in [6, 6.07) is 9.83. The Morgan fingerprint density at radius 3 is 2.35 bits per heavy atom. The van der Waals surface area contributed by atoms with Gasteiger partial charge in [-0.3, -0.25) is 4.99 Å². The van der Waals surface area contributed by atoms with Gasteiger partial charge < -0.3 is 14.6 Å². The van der Waals surface area contributed by atoms with E-state index in [1.165, 1.54) is 6.21 Å². The van der Waals surface area contributed by atoms with E-state index >= 15 is 0 Å². The van der Waals surface area contributed by atoms with Gasteiger partial charge in [0, 0.05) is 12.6 Å². The van der Waals surface area contributed by atoms with Crippen LogP contribution in [-0.2, 0) is 11.2 Å². The van der Waals surface area contributed by atoms with Gasteiger partial charge in [0.2, 0.25) is 5.89 Å². The Hall–Kier alpha value is -3.10. The van der Waals surface area contributed by atoms with Crippen LogP contribution in [0.3, 0.4) is 0 Å². The van der Waals surface area contributed by atoms with Crippen molar-refractivity contribution < 1.29 is 32.6 Å². The SMILES string of the molecule is CC(C)=CN=Cc1nc(Cc2ccccc2)oc1O.O=C(O)C(F)(F)F. The molecule has 0 saturated heterocycles. The molecular weight excluding hydrogens is 353 g/mol. The summed E-state index contributed by atoms with van der Waals surface area (Å²) in [6.07, 6.45) is -1.35. The number of aliphatic carboxylic acids is 1. The number of nitrogens with zero attached hydrogens (tertiary/aromatic N) is 2. The summed E-state index contributed by atoms with van der Waals surface area (Å²) >= 11 is 0. The molecule has 0 unspecified atom stereocenters. The Balaban J connectivity index is 0.000000412. The second-order valence-corrected chi connectivity index (χ2v) is 5.25. The fourth-order valence-corrected chi connectivity index (χ4v) is 1.56. The Morgan fingerprint density at radius 1 is 1.27 bits per heavy atom. The van der Waals surface area contributed by atoms with Crippen molar-refractivity contribution in [3.8, 4) is 5.95 Å². The maximum atomic E-state index is 10.6. The minimum absolute atomic E-state index is 0.197. The van der Waals surface area contributed by atoms with Crippen molar-refractivity contribution in [1.82, 2.24) is 4.98 Å². The number of carboxylic acid groups (broad SMARTS) is 1. The van der Waals surface area contributed by atoms with Crippen molar-refractivity contribution in [3.05, 3.63) is 59.3 Å². The molecule has 2 N–H and O–H groups in total. The molecule has 0 bridgehead atoms. The van der Waals surface area contributed by atoms with Gasteiger partial charge in [-0.15, -0.1) is 0 Å².